The van der Waals surface area contributed by atoms with Crippen molar-refractivity contribution in [1.82, 2.24) is 4.98 Å². The summed E-state index contributed by atoms with van der Waals surface area (Å²) in [6, 6.07) is 14.3. The predicted octanol–water partition coefficient (Wildman–Crippen LogP) is 5.15. The van der Waals surface area contributed by atoms with E-state index in [2.05, 4.69) is 10.1 Å². The van der Waals surface area contributed by atoms with Crippen molar-refractivity contribution in [3.8, 4) is 23.0 Å². The molecule has 0 atom stereocenters. The summed E-state index contributed by atoms with van der Waals surface area (Å²) >= 11 is 1.28. The lowest BCUT2D eigenvalue weighted by Crippen LogP contribution is -2.25. The third-order valence-corrected chi connectivity index (χ3v) is 6.06. The molecule has 4 rings (SSSR count). The van der Waals surface area contributed by atoms with Gasteiger partial charge in [-0.15, -0.1) is 0 Å². The minimum absolute atomic E-state index is 0.243. The van der Waals surface area contributed by atoms with Gasteiger partial charge in [0, 0.05) is 5.56 Å². The van der Waals surface area contributed by atoms with Gasteiger partial charge in [-0.1, -0.05) is 23.5 Å². The number of amides is 1. The van der Waals surface area contributed by atoms with Crippen molar-refractivity contribution >= 4 is 38.8 Å². The molecule has 0 radical (unpaired) electrons. The van der Waals surface area contributed by atoms with Crippen LogP contribution in [-0.4, -0.2) is 45.5 Å². The second-order valence-corrected chi connectivity index (χ2v) is 8.17. The number of hydrogen-bond acceptors (Lipinski definition) is 8. The molecule has 0 spiro atoms. The first kappa shape index (κ1) is 24.0. The Balaban J connectivity index is 1.81. The number of aromatic nitrogens is 1. The van der Waals surface area contributed by atoms with Crippen LogP contribution in [0.1, 0.15) is 15.9 Å². The Morgan fingerprint density at radius 3 is 2.23 bits per heavy atom. The maximum absolute atomic E-state index is 13.7. The van der Waals surface area contributed by atoms with Gasteiger partial charge in [0.1, 0.15) is 11.6 Å². The highest BCUT2D eigenvalue weighted by Crippen LogP contribution is 2.39. The molecule has 0 aliphatic heterocycles. The van der Waals surface area contributed by atoms with Gasteiger partial charge in [0.25, 0.3) is 5.91 Å². The summed E-state index contributed by atoms with van der Waals surface area (Å²) in [5.74, 6) is 0.838. The summed E-state index contributed by atoms with van der Waals surface area (Å²) in [5.41, 5.74) is 1.54. The zero-order chi connectivity index (χ0) is 24.9. The Morgan fingerprint density at radius 1 is 0.943 bits per heavy atom. The Hall–Kier alpha value is -4.18. The SMILES string of the molecule is COc1ccc2nc(N(/N=C/c3ccc(F)cc3)C(=O)c3cc(OC)c(OC)c(OC)c3)sc2c1. The Labute approximate surface area is 205 Å². The number of hydrogen-bond donors (Lipinski definition) is 0. The van der Waals surface area contributed by atoms with Crippen LogP contribution in [0, 0.1) is 5.82 Å². The quantitative estimate of drug-likeness (QED) is 0.248. The molecule has 0 aliphatic rings. The number of carbonyl (C=O) groups excluding carboxylic acids is 1. The van der Waals surface area contributed by atoms with Crippen molar-refractivity contribution in [2.24, 2.45) is 5.10 Å². The highest BCUT2D eigenvalue weighted by molar-refractivity contribution is 7.22. The second kappa shape index (κ2) is 10.4. The van der Waals surface area contributed by atoms with E-state index in [1.54, 1.807) is 43.5 Å². The van der Waals surface area contributed by atoms with Crippen LogP contribution in [0.15, 0.2) is 59.7 Å². The lowest BCUT2D eigenvalue weighted by atomic mass is 10.1. The third-order valence-electron chi connectivity index (χ3n) is 5.06. The van der Waals surface area contributed by atoms with Crippen LogP contribution in [-0.2, 0) is 0 Å². The highest BCUT2D eigenvalue weighted by atomic mass is 32.1. The molecule has 0 aliphatic carbocycles. The van der Waals surface area contributed by atoms with Crippen molar-refractivity contribution < 1.29 is 28.1 Å². The summed E-state index contributed by atoms with van der Waals surface area (Å²) in [4.78, 5) is 18.3. The number of halogens is 1. The molecule has 1 aromatic heterocycles. The number of nitrogens with zero attached hydrogens (tertiary/aromatic N) is 3. The van der Waals surface area contributed by atoms with Gasteiger partial charge in [0.05, 0.1) is 44.9 Å². The number of thiazole rings is 1. The van der Waals surface area contributed by atoms with E-state index in [-0.39, 0.29) is 11.4 Å². The maximum atomic E-state index is 13.7. The number of hydrazone groups is 1. The number of anilines is 1. The molecule has 180 valence electrons. The first-order valence-electron chi connectivity index (χ1n) is 10.4. The zero-order valence-corrected chi connectivity index (χ0v) is 20.3. The van der Waals surface area contributed by atoms with Crippen molar-refractivity contribution in [2.75, 3.05) is 33.4 Å². The average molecular weight is 496 g/mol. The molecule has 4 aromatic rings. The van der Waals surface area contributed by atoms with E-state index >= 15 is 0 Å². The molecule has 0 fully saturated rings. The van der Waals surface area contributed by atoms with E-state index < -0.39 is 5.91 Å². The highest BCUT2D eigenvalue weighted by Gasteiger charge is 2.24. The van der Waals surface area contributed by atoms with Gasteiger partial charge in [-0.2, -0.15) is 10.1 Å². The van der Waals surface area contributed by atoms with Gasteiger partial charge in [-0.05, 0) is 48.0 Å². The Bertz CT molecular complexity index is 1360. The molecule has 0 saturated carbocycles. The molecule has 8 nitrogen and oxygen atoms in total. The largest absolute Gasteiger partial charge is 0.497 e. The van der Waals surface area contributed by atoms with Gasteiger partial charge in [0.15, 0.2) is 11.5 Å². The van der Waals surface area contributed by atoms with Crippen LogP contribution >= 0.6 is 11.3 Å². The lowest BCUT2D eigenvalue weighted by Gasteiger charge is -2.17. The molecule has 1 heterocycles. The van der Waals surface area contributed by atoms with Gasteiger partial charge in [-0.25, -0.2) is 9.37 Å². The summed E-state index contributed by atoms with van der Waals surface area (Å²) < 4.78 is 35.6. The predicted molar refractivity (Wildman–Crippen MR) is 133 cm³/mol. The van der Waals surface area contributed by atoms with E-state index in [1.165, 1.54) is 56.0 Å². The molecule has 1 amide bonds. The Morgan fingerprint density at radius 2 is 1.63 bits per heavy atom. The number of rotatable bonds is 8. The molecule has 10 heteroatoms. The average Bonchev–Trinajstić information content (AvgIpc) is 3.31. The minimum atomic E-state index is -0.478. The van der Waals surface area contributed by atoms with Crippen LogP contribution in [0.3, 0.4) is 0 Å². The van der Waals surface area contributed by atoms with Gasteiger partial charge in [-0.3, -0.25) is 4.79 Å². The standard InChI is InChI=1S/C25H22FN3O5S/c1-31-18-9-10-19-22(13-18)35-25(28-19)29(27-14-15-5-7-17(26)8-6-15)24(30)16-11-20(32-2)23(34-4)21(12-16)33-3/h5-14H,1-4H3/b27-14+. The third kappa shape index (κ3) is 5.02. The number of benzene rings is 3. The molecular formula is C25H22FN3O5S. The summed E-state index contributed by atoms with van der Waals surface area (Å²) in [6.45, 7) is 0. The Kier molecular flexibility index (Phi) is 7.11. The van der Waals surface area contributed by atoms with E-state index in [0.29, 0.717) is 39.2 Å². The second-order valence-electron chi connectivity index (χ2n) is 7.16. The van der Waals surface area contributed by atoms with Gasteiger partial charge in [0.2, 0.25) is 10.9 Å². The normalized spacial score (nSPS) is 11.0. The molecule has 0 saturated heterocycles. The summed E-state index contributed by atoms with van der Waals surface area (Å²) in [5, 5.41) is 5.92. The van der Waals surface area contributed by atoms with Crippen LogP contribution in [0.25, 0.3) is 10.2 Å². The van der Waals surface area contributed by atoms with E-state index in [9.17, 15) is 9.18 Å². The van der Waals surface area contributed by atoms with Crippen molar-refractivity contribution in [1.29, 1.82) is 0 Å². The van der Waals surface area contributed by atoms with Crippen molar-refractivity contribution in [2.45, 2.75) is 0 Å². The zero-order valence-electron chi connectivity index (χ0n) is 19.4. The van der Waals surface area contributed by atoms with Crippen LogP contribution in [0.5, 0.6) is 23.0 Å². The van der Waals surface area contributed by atoms with Gasteiger partial charge < -0.3 is 18.9 Å². The van der Waals surface area contributed by atoms with Crippen molar-refractivity contribution in [3.05, 3.63) is 71.5 Å². The fourth-order valence-electron chi connectivity index (χ4n) is 3.30. The fourth-order valence-corrected chi connectivity index (χ4v) is 4.25. The topological polar surface area (TPSA) is 82.5 Å². The molecule has 0 bridgehead atoms. The van der Waals surface area contributed by atoms with Crippen molar-refractivity contribution in [3.63, 3.8) is 0 Å². The maximum Gasteiger partial charge on any atom is 0.281 e. The van der Waals surface area contributed by atoms with E-state index in [1.807, 2.05) is 6.07 Å². The van der Waals surface area contributed by atoms with E-state index in [0.717, 1.165) is 4.70 Å². The number of carbonyl (C=O) groups is 1. The molecular weight excluding hydrogens is 473 g/mol. The minimum Gasteiger partial charge on any atom is -0.497 e. The first-order chi connectivity index (χ1) is 17.0. The number of methoxy groups -OCH3 is 4. The van der Waals surface area contributed by atoms with Crippen LogP contribution in [0.2, 0.25) is 0 Å². The monoisotopic (exact) mass is 495 g/mol. The molecule has 0 N–H and O–H groups in total. The van der Waals surface area contributed by atoms with Crippen LogP contribution < -0.4 is 24.0 Å². The smallest absolute Gasteiger partial charge is 0.281 e. The molecule has 3 aromatic carbocycles. The summed E-state index contributed by atoms with van der Waals surface area (Å²) in [6.07, 6.45) is 1.46. The van der Waals surface area contributed by atoms with Gasteiger partial charge >= 0.3 is 0 Å². The van der Waals surface area contributed by atoms with Crippen LogP contribution in [0.4, 0.5) is 9.52 Å². The first-order valence-corrected chi connectivity index (χ1v) is 11.2. The molecule has 0 unspecified atom stereocenters. The molecule has 35 heavy (non-hydrogen) atoms. The van der Waals surface area contributed by atoms with E-state index in [4.69, 9.17) is 18.9 Å². The summed E-state index contributed by atoms with van der Waals surface area (Å²) in [7, 11) is 6.00. The number of fused-ring (bicyclic) bond motifs is 1. The fraction of sp³-hybridized carbons (Fsp3) is 0.160. The lowest BCUT2D eigenvalue weighted by molar-refractivity contribution is 0.0987. The number of ether oxygens (including phenoxy) is 4.